The Morgan fingerprint density at radius 1 is 1.33 bits per heavy atom. The van der Waals surface area contributed by atoms with E-state index in [9.17, 15) is 9.59 Å². The molecule has 1 heterocycles. The monoisotopic (exact) mass is 291 g/mol. The van der Waals surface area contributed by atoms with Crippen molar-refractivity contribution in [2.24, 2.45) is 0 Å². The van der Waals surface area contributed by atoms with E-state index in [1.54, 1.807) is 11.0 Å². The van der Waals surface area contributed by atoms with Crippen molar-refractivity contribution >= 4 is 11.9 Å². The maximum atomic E-state index is 12.7. The third-order valence-electron chi connectivity index (χ3n) is 3.54. The van der Waals surface area contributed by atoms with Gasteiger partial charge in [0.25, 0.3) is 5.91 Å². The Labute approximate surface area is 124 Å². The number of hydrogen-bond donors (Lipinski definition) is 1. The molecule has 5 heteroatoms. The molecule has 0 spiro atoms. The topological polar surface area (TPSA) is 66.8 Å². The minimum Gasteiger partial charge on any atom is -0.493 e. The zero-order valence-electron chi connectivity index (χ0n) is 12.7. The summed E-state index contributed by atoms with van der Waals surface area (Å²) in [5.41, 5.74) is 1.19. The number of rotatable bonds is 4. The van der Waals surface area contributed by atoms with Crippen molar-refractivity contribution in [2.75, 3.05) is 13.2 Å². The van der Waals surface area contributed by atoms with Crippen LogP contribution < -0.4 is 4.74 Å². The highest BCUT2D eigenvalue weighted by molar-refractivity contribution is 5.95. The quantitative estimate of drug-likeness (QED) is 0.924. The summed E-state index contributed by atoms with van der Waals surface area (Å²) in [5.74, 6) is -0.211. The number of carbonyl (C=O) groups excluding carboxylic acids is 1. The maximum absolute atomic E-state index is 12.7. The van der Waals surface area contributed by atoms with E-state index in [1.165, 1.54) is 0 Å². The molecule has 0 radical (unpaired) electrons. The van der Waals surface area contributed by atoms with Crippen LogP contribution in [0.5, 0.6) is 5.75 Å². The van der Waals surface area contributed by atoms with Gasteiger partial charge in [0.2, 0.25) is 0 Å². The van der Waals surface area contributed by atoms with Crippen molar-refractivity contribution in [1.82, 2.24) is 4.90 Å². The van der Waals surface area contributed by atoms with Crippen LogP contribution in [0.15, 0.2) is 18.2 Å². The van der Waals surface area contributed by atoms with Gasteiger partial charge >= 0.3 is 5.97 Å². The fourth-order valence-electron chi connectivity index (χ4n) is 2.42. The SMILES string of the molecule is CC(C)(C)N(CCC(=O)O)C(=O)c1ccc2c(c1)CCO2. The second-order valence-corrected chi connectivity index (χ2v) is 6.19. The Morgan fingerprint density at radius 3 is 2.67 bits per heavy atom. The minimum absolute atomic E-state index is 0.0585. The number of carboxylic acids is 1. The van der Waals surface area contributed by atoms with Gasteiger partial charge in [0.1, 0.15) is 5.75 Å². The molecule has 0 atom stereocenters. The molecule has 2 rings (SSSR count). The van der Waals surface area contributed by atoms with E-state index >= 15 is 0 Å². The lowest BCUT2D eigenvalue weighted by Gasteiger charge is -2.35. The van der Waals surface area contributed by atoms with Crippen molar-refractivity contribution < 1.29 is 19.4 Å². The van der Waals surface area contributed by atoms with E-state index in [0.717, 1.165) is 17.7 Å². The predicted octanol–water partition coefficient (Wildman–Crippen LogP) is 2.34. The first-order chi connectivity index (χ1) is 9.79. The lowest BCUT2D eigenvalue weighted by molar-refractivity contribution is -0.137. The van der Waals surface area contributed by atoms with Crippen LogP contribution in [0.25, 0.3) is 0 Å². The van der Waals surface area contributed by atoms with E-state index in [4.69, 9.17) is 9.84 Å². The number of ether oxygens (including phenoxy) is 1. The molecule has 114 valence electrons. The number of benzene rings is 1. The number of aliphatic carboxylic acids is 1. The van der Waals surface area contributed by atoms with E-state index < -0.39 is 11.5 Å². The average molecular weight is 291 g/mol. The number of carboxylic acid groups (broad SMARTS) is 1. The molecule has 1 aliphatic rings. The highest BCUT2D eigenvalue weighted by atomic mass is 16.5. The molecule has 1 aromatic rings. The van der Waals surface area contributed by atoms with Crippen LogP contribution in [0.2, 0.25) is 0 Å². The summed E-state index contributed by atoms with van der Waals surface area (Å²) in [4.78, 5) is 25.1. The van der Waals surface area contributed by atoms with Crippen LogP contribution in [0, 0.1) is 0 Å². The molecule has 0 saturated carbocycles. The maximum Gasteiger partial charge on any atom is 0.305 e. The third kappa shape index (κ3) is 3.54. The van der Waals surface area contributed by atoms with Crippen LogP contribution in [-0.4, -0.2) is 40.6 Å². The van der Waals surface area contributed by atoms with Crippen molar-refractivity contribution in [1.29, 1.82) is 0 Å². The molecule has 0 aromatic heterocycles. The molecular formula is C16H21NO4. The van der Waals surface area contributed by atoms with Crippen LogP contribution in [0.4, 0.5) is 0 Å². The summed E-state index contributed by atoms with van der Waals surface area (Å²) < 4.78 is 5.44. The first kappa shape index (κ1) is 15.4. The average Bonchev–Trinajstić information content (AvgIpc) is 2.83. The van der Waals surface area contributed by atoms with Gasteiger partial charge in [-0.2, -0.15) is 0 Å². The van der Waals surface area contributed by atoms with Crippen LogP contribution in [-0.2, 0) is 11.2 Å². The van der Waals surface area contributed by atoms with Crippen LogP contribution in [0.1, 0.15) is 43.1 Å². The number of carbonyl (C=O) groups is 2. The fourth-order valence-corrected chi connectivity index (χ4v) is 2.42. The van der Waals surface area contributed by atoms with Gasteiger partial charge in [0, 0.05) is 24.1 Å². The second-order valence-electron chi connectivity index (χ2n) is 6.19. The van der Waals surface area contributed by atoms with Crippen LogP contribution >= 0.6 is 0 Å². The summed E-state index contributed by atoms with van der Waals surface area (Å²) in [6.07, 6.45) is 0.748. The van der Waals surface area contributed by atoms with E-state index in [-0.39, 0.29) is 18.9 Å². The molecule has 1 aromatic carbocycles. The molecule has 5 nitrogen and oxygen atoms in total. The molecule has 1 aliphatic heterocycles. The van der Waals surface area contributed by atoms with E-state index in [2.05, 4.69) is 0 Å². The molecule has 0 unspecified atom stereocenters. The standard InChI is InChI=1S/C16H21NO4/c1-16(2,3)17(8-6-14(18)19)15(20)12-4-5-13-11(10-12)7-9-21-13/h4-5,10H,6-9H2,1-3H3,(H,18,19). The molecule has 0 saturated heterocycles. The summed E-state index contributed by atoms with van der Waals surface area (Å²) in [7, 11) is 0. The zero-order chi connectivity index (χ0) is 15.6. The summed E-state index contributed by atoms with van der Waals surface area (Å²) in [5, 5.41) is 8.85. The van der Waals surface area contributed by atoms with Gasteiger partial charge in [-0.05, 0) is 44.5 Å². The predicted molar refractivity (Wildman–Crippen MR) is 78.7 cm³/mol. The van der Waals surface area contributed by atoms with E-state index in [0.29, 0.717) is 12.2 Å². The van der Waals surface area contributed by atoms with Gasteiger partial charge in [-0.3, -0.25) is 9.59 Å². The van der Waals surface area contributed by atoms with Gasteiger partial charge in [-0.1, -0.05) is 0 Å². The Morgan fingerprint density at radius 2 is 2.05 bits per heavy atom. The van der Waals surface area contributed by atoms with E-state index in [1.807, 2.05) is 32.9 Å². The number of hydrogen-bond acceptors (Lipinski definition) is 3. The Bertz CT molecular complexity index is 560. The summed E-state index contributed by atoms with van der Waals surface area (Å²) in [6, 6.07) is 5.41. The van der Waals surface area contributed by atoms with Gasteiger partial charge < -0.3 is 14.7 Å². The van der Waals surface area contributed by atoms with Crippen molar-refractivity contribution in [3.63, 3.8) is 0 Å². The normalized spacial score (nSPS) is 13.5. The Balaban J connectivity index is 2.23. The van der Waals surface area contributed by atoms with Gasteiger partial charge in [0.05, 0.1) is 13.0 Å². The molecule has 0 bridgehead atoms. The first-order valence-corrected chi connectivity index (χ1v) is 7.08. The minimum atomic E-state index is -0.903. The highest BCUT2D eigenvalue weighted by Crippen LogP contribution is 2.27. The Kier molecular flexibility index (Phi) is 4.21. The van der Waals surface area contributed by atoms with Crippen molar-refractivity contribution in [3.05, 3.63) is 29.3 Å². The Hall–Kier alpha value is -2.04. The van der Waals surface area contributed by atoms with Gasteiger partial charge in [0.15, 0.2) is 0 Å². The molecule has 21 heavy (non-hydrogen) atoms. The lowest BCUT2D eigenvalue weighted by atomic mass is 10.0. The van der Waals surface area contributed by atoms with Crippen LogP contribution in [0.3, 0.4) is 0 Å². The zero-order valence-corrected chi connectivity index (χ0v) is 12.7. The lowest BCUT2D eigenvalue weighted by Crippen LogP contribution is -2.46. The summed E-state index contributed by atoms with van der Waals surface area (Å²) >= 11 is 0. The number of fused-ring (bicyclic) bond motifs is 1. The molecule has 1 amide bonds. The first-order valence-electron chi connectivity index (χ1n) is 7.08. The number of amides is 1. The largest absolute Gasteiger partial charge is 0.493 e. The van der Waals surface area contributed by atoms with Gasteiger partial charge in [-0.25, -0.2) is 0 Å². The molecular weight excluding hydrogens is 270 g/mol. The molecule has 0 fully saturated rings. The smallest absolute Gasteiger partial charge is 0.305 e. The van der Waals surface area contributed by atoms with Crippen molar-refractivity contribution in [3.8, 4) is 5.75 Å². The summed E-state index contributed by atoms with van der Waals surface area (Å²) in [6.45, 7) is 6.57. The molecule has 1 N–H and O–H groups in total. The van der Waals surface area contributed by atoms with Crippen molar-refractivity contribution in [2.45, 2.75) is 39.2 Å². The van der Waals surface area contributed by atoms with Gasteiger partial charge in [-0.15, -0.1) is 0 Å². The number of nitrogens with zero attached hydrogens (tertiary/aromatic N) is 1. The highest BCUT2D eigenvalue weighted by Gasteiger charge is 2.28. The molecule has 0 aliphatic carbocycles. The second kappa shape index (κ2) is 5.76. The fraction of sp³-hybridized carbons (Fsp3) is 0.500. The third-order valence-corrected chi connectivity index (χ3v) is 3.54.